The Hall–Kier alpha value is -1.71. The van der Waals surface area contributed by atoms with Gasteiger partial charge in [-0.15, -0.1) is 0 Å². The van der Waals surface area contributed by atoms with Gasteiger partial charge < -0.3 is 0 Å². The zero-order chi connectivity index (χ0) is 13.3. The van der Waals surface area contributed by atoms with Crippen LogP contribution in [0.5, 0.6) is 0 Å². The maximum atomic E-state index is 13.1. The van der Waals surface area contributed by atoms with Gasteiger partial charge in [-0.3, -0.25) is 4.79 Å². The first kappa shape index (κ1) is 12.7. The minimum Gasteiger partial charge on any atom is -0.273 e. The van der Waals surface area contributed by atoms with Crippen LogP contribution in [0.25, 0.3) is 0 Å². The van der Waals surface area contributed by atoms with Crippen LogP contribution in [0.3, 0.4) is 0 Å². The number of benzene rings is 1. The van der Waals surface area contributed by atoms with Gasteiger partial charge in [0.05, 0.1) is 18.7 Å². The van der Waals surface area contributed by atoms with Gasteiger partial charge in [0, 0.05) is 5.41 Å². The SMILES string of the molecule is CC(C)(C)C1=NN(Cc2cccc(F)c2)C(=O)C1. The normalized spacial score (nSPS) is 16.1. The van der Waals surface area contributed by atoms with E-state index < -0.39 is 0 Å². The molecule has 0 aliphatic carbocycles. The average molecular weight is 248 g/mol. The third kappa shape index (κ3) is 2.75. The first-order chi connectivity index (χ1) is 8.36. The van der Waals surface area contributed by atoms with E-state index in [1.54, 1.807) is 12.1 Å². The number of halogens is 1. The van der Waals surface area contributed by atoms with Crippen molar-refractivity contribution < 1.29 is 9.18 Å². The van der Waals surface area contributed by atoms with Crippen LogP contribution < -0.4 is 0 Å². The predicted octanol–water partition coefficient (Wildman–Crippen LogP) is 2.96. The van der Waals surface area contributed by atoms with Crippen LogP contribution in [0.4, 0.5) is 4.39 Å². The van der Waals surface area contributed by atoms with E-state index in [2.05, 4.69) is 5.10 Å². The average Bonchev–Trinajstić information content (AvgIpc) is 2.60. The van der Waals surface area contributed by atoms with Gasteiger partial charge in [0.1, 0.15) is 5.82 Å². The molecule has 1 aromatic carbocycles. The molecule has 0 radical (unpaired) electrons. The molecule has 18 heavy (non-hydrogen) atoms. The lowest BCUT2D eigenvalue weighted by Gasteiger charge is -2.16. The lowest BCUT2D eigenvalue weighted by atomic mass is 9.88. The van der Waals surface area contributed by atoms with Crippen LogP contribution in [-0.2, 0) is 11.3 Å². The van der Waals surface area contributed by atoms with Gasteiger partial charge in [-0.05, 0) is 17.7 Å². The second kappa shape index (κ2) is 4.52. The summed E-state index contributed by atoms with van der Waals surface area (Å²) in [5.74, 6) is -0.316. The molecule has 1 amide bonds. The second-order valence-electron chi connectivity index (χ2n) is 5.55. The largest absolute Gasteiger partial charge is 0.273 e. The molecule has 0 bridgehead atoms. The van der Waals surface area contributed by atoms with Gasteiger partial charge in [0.2, 0.25) is 5.91 Å². The first-order valence-electron chi connectivity index (χ1n) is 5.99. The van der Waals surface area contributed by atoms with Crippen LogP contribution in [0.1, 0.15) is 32.8 Å². The predicted molar refractivity (Wildman–Crippen MR) is 68.5 cm³/mol. The van der Waals surface area contributed by atoms with Gasteiger partial charge in [0.15, 0.2) is 0 Å². The first-order valence-corrected chi connectivity index (χ1v) is 5.99. The van der Waals surface area contributed by atoms with Crippen molar-refractivity contribution in [1.82, 2.24) is 5.01 Å². The molecule has 0 fully saturated rings. The molecular weight excluding hydrogens is 231 g/mol. The minimum absolute atomic E-state index is 0.0239. The Morgan fingerprint density at radius 1 is 1.39 bits per heavy atom. The highest BCUT2D eigenvalue weighted by Crippen LogP contribution is 2.25. The van der Waals surface area contributed by atoms with E-state index in [-0.39, 0.29) is 17.1 Å². The van der Waals surface area contributed by atoms with Crippen molar-refractivity contribution in [2.24, 2.45) is 10.5 Å². The summed E-state index contributed by atoms with van der Waals surface area (Å²) in [4.78, 5) is 11.8. The molecule has 0 spiro atoms. The molecule has 1 aliphatic heterocycles. The fourth-order valence-electron chi connectivity index (χ4n) is 1.82. The molecule has 1 heterocycles. The van der Waals surface area contributed by atoms with Crippen molar-refractivity contribution in [3.63, 3.8) is 0 Å². The number of hydrogen-bond donors (Lipinski definition) is 0. The minimum atomic E-state index is -0.292. The van der Waals surface area contributed by atoms with Crippen LogP contribution in [-0.4, -0.2) is 16.6 Å². The Morgan fingerprint density at radius 3 is 2.67 bits per heavy atom. The molecule has 0 aromatic heterocycles. The number of rotatable bonds is 2. The van der Waals surface area contributed by atoms with Gasteiger partial charge in [0.25, 0.3) is 0 Å². The molecule has 96 valence electrons. The Bertz CT molecular complexity index is 503. The van der Waals surface area contributed by atoms with Crippen LogP contribution in [0.15, 0.2) is 29.4 Å². The van der Waals surface area contributed by atoms with E-state index in [4.69, 9.17) is 0 Å². The number of carbonyl (C=O) groups excluding carboxylic acids is 1. The molecule has 4 heteroatoms. The summed E-state index contributed by atoms with van der Waals surface area (Å²) < 4.78 is 13.1. The van der Waals surface area contributed by atoms with E-state index in [0.29, 0.717) is 13.0 Å². The molecule has 0 unspecified atom stereocenters. The van der Waals surface area contributed by atoms with E-state index in [1.807, 2.05) is 20.8 Å². The summed E-state index contributed by atoms with van der Waals surface area (Å²) in [7, 11) is 0. The molecule has 1 aromatic rings. The van der Waals surface area contributed by atoms with Gasteiger partial charge in [-0.1, -0.05) is 32.9 Å². The number of nitrogens with zero attached hydrogens (tertiary/aromatic N) is 2. The molecule has 0 saturated heterocycles. The van der Waals surface area contributed by atoms with Crippen molar-refractivity contribution in [3.8, 4) is 0 Å². The zero-order valence-corrected chi connectivity index (χ0v) is 10.9. The highest BCUT2D eigenvalue weighted by molar-refractivity contribution is 6.07. The molecule has 2 rings (SSSR count). The summed E-state index contributed by atoms with van der Waals surface area (Å²) in [6.45, 7) is 6.43. The van der Waals surface area contributed by atoms with Crippen molar-refractivity contribution >= 4 is 11.6 Å². The number of amides is 1. The lowest BCUT2D eigenvalue weighted by Crippen LogP contribution is -2.20. The fraction of sp³-hybridized carbons (Fsp3) is 0.429. The Balaban J connectivity index is 2.15. The highest BCUT2D eigenvalue weighted by Gasteiger charge is 2.30. The molecule has 0 atom stereocenters. The zero-order valence-electron chi connectivity index (χ0n) is 10.9. The smallest absolute Gasteiger partial charge is 0.248 e. The topological polar surface area (TPSA) is 32.7 Å². The highest BCUT2D eigenvalue weighted by atomic mass is 19.1. The molecular formula is C14H17FN2O. The summed E-state index contributed by atoms with van der Waals surface area (Å²) >= 11 is 0. The third-order valence-corrected chi connectivity index (χ3v) is 2.94. The van der Waals surface area contributed by atoms with E-state index in [9.17, 15) is 9.18 Å². The summed E-state index contributed by atoms with van der Waals surface area (Å²) in [6, 6.07) is 6.25. The third-order valence-electron chi connectivity index (χ3n) is 2.94. The van der Waals surface area contributed by atoms with Crippen LogP contribution >= 0.6 is 0 Å². The number of hydrogen-bond acceptors (Lipinski definition) is 2. The Morgan fingerprint density at radius 2 is 2.11 bits per heavy atom. The maximum Gasteiger partial charge on any atom is 0.248 e. The van der Waals surface area contributed by atoms with Crippen molar-refractivity contribution in [3.05, 3.63) is 35.6 Å². The van der Waals surface area contributed by atoms with Crippen LogP contribution in [0, 0.1) is 11.2 Å². The van der Waals surface area contributed by atoms with E-state index >= 15 is 0 Å². The lowest BCUT2D eigenvalue weighted by molar-refractivity contribution is -0.129. The van der Waals surface area contributed by atoms with E-state index in [1.165, 1.54) is 17.1 Å². The van der Waals surface area contributed by atoms with Crippen LogP contribution in [0.2, 0.25) is 0 Å². The number of carbonyl (C=O) groups is 1. The molecule has 0 N–H and O–H groups in total. The van der Waals surface area contributed by atoms with Gasteiger partial charge in [-0.2, -0.15) is 5.10 Å². The Labute approximate surface area is 106 Å². The summed E-state index contributed by atoms with van der Waals surface area (Å²) in [5.41, 5.74) is 1.53. The Kier molecular flexibility index (Phi) is 3.20. The quantitative estimate of drug-likeness (QED) is 0.792. The van der Waals surface area contributed by atoms with E-state index in [0.717, 1.165) is 11.3 Å². The van der Waals surface area contributed by atoms with Gasteiger partial charge in [-0.25, -0.2) is 9.40 Å². The van der Waals surface area contributed by atoms with Crippen molar-refractivity contribution in [2.45, 2.75) is 33.7 Å². The van der Waals surface area contributed by atoms with Crippen molar-refractivity contribution in [2.75, 3.05) is 0 Å². The molecule has 3 nitrogen and oxygen atoms in total. The molecule has 1 aliphatic rings. The molecule has 0 saturated carbocycles. The summed E-state index contributed by atoms with van der Waals surface area (Å²) in [6.07, 6.45) is 0.360. The fourth-order valence-corrected chi connectivity index (χ4v) is 1.82. The number of hydrazone groups is 1. The van der Waals surface area contributed by atoms with Gasteiger partial charge >= 0.3 is 0 Å². The summed E-state index contributed by atoms with van der Waals surface area (Å²) in [5, 5.41) is 5.77. The van der Waals surface area contributed by atoms with Crippen molar-refractivity contribution in [1.29, 1.82) is 0 Å². The standard InChI is InChI=1S/C14H17FN2O/c1-14(2,3)12-8-13(18)17(16-12)9-10-5-4-6-11(15)7-10/h4-7H,8-9H2,1-3H3. The maximum absolute atomic E-state index is 13.1. The monoisotopic (exact) mass is 248 g/mol. The second-order valence-corrected chi connectivity index (χ2v) is 5.55.